The van der Waals surface area contributed by atoms with Crippen LogP contribution in [0.3, 0.4) is 0 Å². The van der Waals surface area contributed by atoms with Crippen LogP contribution in [0.1, 0.15) is 30.6 Å². The van der Waals surface area contributed by atoms with Crippen molar-refractivity contribution >= 4 is 11.8 Å². The Morgan fingerprint density at radius 1 is 1.35 bits per heavy atom. The first kappa shape index (κ1) is 18.0. The molecule has 5 nitrogen and oxygen atoms in total. The predicted octanol–water partition coefficient (Wildman–Crippen LogP) is 4.52. The molecule has 0 bridgehead atoms. The van der Waals surface area contributed by atoms with Gasteiger partial charge in [-0.25, -0.2) is 14.0 Å². The van der Waals surface area contributed by atoms with Gasteiger partial charge in [0.05, 0.1) is 12.6 Å². The van der Waals surface area contributed by atoms with Gasteiger partial charge in [0.25, 0.3) is 0 Å². The topological polar surface area (TPSA) is 38.8 Å². The van der Waals surface area contributed by atoms with Crippen molar-refractivity contribution in [2.45, 2.75) is 38.6 Å². The molecule has 0 aliphatic carbocycles. The third-order valence-corrected chi connectivity index (χ3v) is 4.78. The van der Waals surface area contributed by atoms with Gasteiger partial charge in [0.2, 0.25) is 5.69 Å². The summed E-state index contributed by atoms with van der Waals surface area (Å²) >= 11 is 0. The van der Waals surface area contributed by atoms with Gasteiger partial charge in [0.15, 0.2) is 0 Å². The highest BCUT2D eigenvalue weighted by Crippen LogP contribution is 2.31. The maximum absolute atomic E-state index is 14.6. The number of ether oxygens (including phenoxy) is 1. The van der Waals surface area contributed by atoms with E-state index >= 15 is 0 Å². The molecule has 2 aromatic rings. The highest BCUT2D eigenvalue weighted by molar-refractivity contribution is 5.67. The van der Waals surface area contributed by atoms with E-state index in [2.05, 4.69) is 4.85 Å². The van der Waals surface area contributed by atoms with E-state index in [0.29, 0.717) is 18.7 Å². The van der Waals surface area contributed by atoms with Gasteiger partial charge in [0, 0.05) is 18.8 Å². The van der Waals surface area contributed by atoms with Crippen molar-refractivity contribution in [2.24, 2.45) is 0 Å². The van der Waals surface area contributed by atoms with E-state index in [1.807, 2.05) is 41.8 Å². The van der Waals surface area contributed by atoms with Crippen LogP contribution in [0.15, 0.2) is 42.6 Å². The fraction of sp³-hybridized carbons (Fsp3) is 0.400. The minimum absolute atomic E-state index is 0.200. The molecule has 0 radical (unpaired) electrons. The zero-order valence-corrected chi connectivity index (χ0v) is 14.8. The van der Waals surface area contributed by atoms with Gasteiger partial charge < -0.3 is 14.2 Å². The Morgan fingerprint density at radius 3 is 2.81 bits per heavy atom. The van der Waals surface area contributed by atoms with Gasteiger partial charge in [-0.3, -0.25) is 0 Å². The summed E-state index contributed by atoms with van der Waals surface area (Å²) in [5.41, 5.74) is 2.27. The highest BCUT2D eigenvalue weighted by atomic mass is 19.1. The monoisotopic (exact) mass is 355 g/mol. The number of hydrogen-bond acceptors (Lipinski definition) is 2. The summed E-state index contributed by atoms with van der Waals surface area (Å²) in [5.74, 6) is 0. The second-order valence-corrected chi connectivity index (χ2v) is 6.38. The molecule has 1 saturated heterocycles. The van der Waals surface area contributed by atoms with E-state index in [0.717, 1.165) is 11.3 Å². The lowest BCUT2D eigenvalue weighted by Gasteiger charge is -2.36. The summed E-state index contributed by atoms with van der Waals surface area (Å²) in [7, 11) is 0. The zero-order chi connectivity index (χ0) is 18.5. The Kier molecular flexibility index (Phi) is 5.57. The molecule has 2 unspecified atom stereocenters. The highest BCUT2D eigenvalue weighted by Gasteiger charge is 2.34. The quantitative estimate of drug-likeness (QED) is 0.756. The van der Waals surface area contributed by atoms with E-state index in [9.17, 15) is 9.18 Å². The molecular formula is C20H22FN3O2. The van der Waals surface area contributed by atoms with Crippen molar-refractivity contribution in [3.63, 3.8) is 0 Å². The van der Waals surface area contributed by atoms with Crippen molar-refractivity contribution in [3.8, 4) is 0 Å². The normalized spacial score (nSPS) is 19.8. The van der Waals surface area contributed by atoms with Gasteiger partial charge in [0.1, 0.15) is 12.8 Å². The second kappa shape index (κ2) is 8.05. The Hall–Kier alpha value is -2.81. The summed E-state index contributed by atoms with van der Waals surface area (Å²) < 4.78 is 21.8. The van der Waals surface area contributed by atoms with Gasteiger partial charge in [-0.1, -0.05) is 37.3 Å². The summed E-state index contributed by atoms with van der Waals surface area (Å²) in [5, 5.41) is 0. The number of hydrogen-bond donors (Lipinski definition) is 0. The molecule has 2 heterocycles. The number of carbonyl (C=O) groups is 1. The van der Waals surface area contributed by atoms with Crippen LogP contribution < -0.4 is 0 Å². The lowest BCUT2D eigenvalue weighted by molar-refractivity contribution is 0.0563. The molecule has 1 amide bonds. The number of alkyl halides is 1. The zero-order valence-electron chi connectivity index (χ0n) is 14.8. The smallest absolute Gasteiger partial charge is 0.410 e. The first-order valence-corrected chi connectivity index (χ1v) is 8.81. The third-order valence-electron chi connectivity index (χ3n) is 4.78. The van der Waals surface area contributed by atoms with Crippen LogP contribution in [0, 0.1) is 6.57 Å². The van der Waals surface area contributed by atoms with Crippen LogP contribution >= 0.6 is 0 Å². The molecule has 1 aromatic carbocycles. The Balaban J connectivity index is 1.69. The molecule has 0 spiro atoms. The van der Waals surface area contributed by atoms with Crippen LogP contribution in [-0.4, -0.2) is 34.8 Å². The van der Waals surface area contributed by atoms with Gasteiger partial charge >= 0.3 is 6.09 Å². The summed E-state index contributed by atoms with van der Waals surface area (Å²) in [4.78, 5) is 17.5. The number of nitrogens with zero attached hydrogens (tertiary/aromatic N) is 3. The van der Waals surface area contributed by atoms with Gasteiger partial charge in [-0.15, -0.1) is 0 Å². The SMILES string of the molecule is [C-]#[N+]c1ccn(C2CN(C(=O)OCc3ccccc3)CCC2F)c1CC. The Bertz CT molecular complexity index is 797. The number of halogens is 1. The predicted molar refractivity (Wildman–Crippen MR) is 96.8 cm³/mol. The number of rotatable bonds is 4. The Morgan fingerprint density at radius 2 is 2.12 bits per heavy atom. The first-order chi connectivity index (χ1) is 12.6. The van der Waals surface area contributed by atoms with Crippen molar-refractivity contribution in [1.29, 1.82) is 0 Å². The molecule has 0 N–H and O–H groups in total. The molecule has 1 aliphatic heterocycles. The van der Waals surface area contributed by atoms with E-state index < -0.39 is 18.3 Å². The lowest BCUT2D eigenvalue weighted by atomic mass is 10.0. The molecule has 6 heteroatoms. The number of carbonyl (C=O) groups excluding carboxylic acids is 1. The van der Waals surface area contributed by atoms with Crippen molar-refractivity contribution < 1.29 is 13.9 Å². The summed E-state index contributed by atoms with van der Waals surface area (Å²) in [6.07, 6.45) is 1.18. The van der Waals surface area contributed by atoms with Crippen molar-refractivity contribution in [1.82, 2.24) is 9.47 Å². The van der Waals surface area contributed by atoms with Gasteiger partial charge in [-0.2, -0.15) is 0 Å². The largest absolute Gasteiger partial charge is 0.445 e. The van der Waals surface area contributed by atoms with Crippen LogP contribution in [0.5, 0.6) is 0 Å². The number of amides is 1. The molecule has 1 aromatic heterocycles. The third kappa shape index (κ3) is 3.72. The Labute approximate surface area is 152 Å². The van der Waals surface area contributed by atoms with Gasteiger partial charge in [-0.05, 0) is 30.7 Å². The van der Waals surface area contributed by atoms with Crippen LogP contribution in [-0.2, 0) is 17.8 Å². The van der Waals surface area contributed by atoms with E-state index in [-0.39, 0.29) is 19.6 Å². The molecule has 1 fully saturated rings. The van der Waals surface area contributed by atoms with Crippen LogP contribution in [0.2, 0.25) is 0 Å². The van der Waals surface area contributed by atoms with E-state index in [1.54, 1.807) is 17.2 Å². The average Bonchev–Trinajstić information content (AvgIpc) is 3.10. The first-order valence-electron chi connectivity index (χ1n) is 8.81. The molecule has 136 valence electrons. The average molecular weight is 355 g/mol. The summed E-state index contributed by atoms with van der Waals surface area (Å²) in [6, 6.07) is 10.7. The van der Waals surface area contributed by atoms with Crippen LogP contribution in [0.25, 0.3) is 4.85 Å². The fourth-order valence-electron chi connectivity index (χ4n) is 3.39. The maximum Gasteiger partial charge on any atom is 0.410 e. The summed E-state index contributed by atoms with van der Waals surface area (Å²) in [6.45, 7) is 9.97. The molecule has 26 heavy (non-hydrogen) atoms. The van der Waals surface area contributed by atoms with E-state index in [4.69, 9.17) is 11.3 Å². The molecule has 1 aliphatic rings. The fourth-order valence-corrected chi connectivity index (χ4v) is 3.39. The minimum Gasteiger partial charge on any atom is -0.445 e. The van der Waals surface area contributed by atoms with Crippen LogP contribution in [0.4, 0.5) is 14.9 Å². The molecule has 0 saturated carbocycles. The lowest BCUT2D eigenvalue weighted by Crippen LogP contribution is -2.45. The number of piperidine rings is 1. The molecule has 2 atom stereocenters. The number of benzene rings is 1. The van der Waals surface area contributed by atoms with Crippen molar-refractivity contribution in [3.05, 3.63) is 65.3 Å². The maximum atomic E-state index is 14.6. The molecule has 3 rings (SSSR count). The van der Waals surface area contributed by atoms with E-state index in [1.165, 1.54) is 0 Å². The second-order valence-electron chi connectivity index (χ2n) is 6.38. The standard InChI is InChI=1S/C20H22FN3O2/c1-3-18-17(22-2)10-12-24(18)19-13-23(11-9-16(19)21)20(25)26-14-15-7-5-4-6-8-15/h4-8,10,12,16,19H,3,9,11,13-14H2,1H3. The number of aromatic nitrogens is 1. The molecular weight excluding hydrogens is 333 g/mol. The number of likely N-dealkylation sites (tertiary alicyclic amines) is 1. The van der Waals surface area contributed by atoms with Crippen molar-refractivity contribution in [2.75, 3.05) is 13.1 Å². The minimum atomic E-state index is -1.05.